The van der Waals surface area contributed by atoms with E-state index in [9.17, 15) is 0 Å². The third-order valence-corrected chi connectivity index (χ3v) is 4.86. The van der Waals surface area contributed by atoms with Gasteiger partial charge in [0.25, 0.3) is 0 Å². The third kappa shape index (κ3) is 3.46. The summed E-state index contributed by atoms with van der Waals surface area (Å²) in [6.45, 7) is 9.55. The predicted molar refractivity (Wildman–Crippen MR) is 75.5 cm³/mol. The molecule has 1 saturated carbocycles. The van der Waals surface area contributed by atoms with Crippen LogP contribution in [0.4, 0.5) is 0 Å². The molecule has 2 aliphatic rings. The predicted octanol–water partition coefficient (Wildman–Crippen LogP) is 2.15. The van der Waals surface area contributed by atoms with Crippen LogP contribution in [-0.2, 0) is 4.74 Å². The Morgan fingerprint density at radius 3 is 2.61 bits per heavy atom. The fourth-order valence-corrected chi connectivity index (χ4v) is 3.01. The number of nitrogens with one attached hydrogen (secondary N) is 1. The van der Waals surface area contributed by atoms with E-state index in [2.05, 4.69) is 26.1 Å². The molecule has 3 unspecified atom stereocenters. The van der Waals surface area contributed by atoms with E-state index >= 15 is 0 Å². The van der Waals surface area contributed by atoms with Crippen LogP contribution >= 0.6 is 0 Å². The summed E-state index contributed by atoms with van der Waals surface area (Å²) in [7, 11) is 0. The van der Waals surface area contributed by atoms with E-state index in [0.717, 1.165) is 44.4 Å². The minimum Gasteiger partial charge on any atom is -0.378 e. The van der Waals surface area contributed by atoms with E-state index in [0.29, 0.717) is 12.0 Å². The summed E-state index contributed by atoms with van der Waals surface area (Å²) in [5.74, 6) is 2.35. The van der Waals surface area contributed by atoms with E-state index in [-0.39, 0.29) is 5.54 Å². The van der Waals surface area contributed by atoms with Gasteiger partial charge >= 0.3 is 0 Å². The molecule has 0 aromatic carbocycles. The lowest BCUT2D eigenvalue weighted by Gasteiger charge is -2.43. The Hall–Kier alpha value is -0.120. The van der Waals surface area contributed by atoms with Gasteiger partial charge in [0.1, 0.15) is 0 Å². The maximum absolute atomic E-state index is 6.06. The largest absolute Gasteiger partial charge is 0.378 e. The number of hydrogen-bond acceptors (Lipinski definition) is 3. The fourth-order valence-electron chi connectivity index (χ4n) is 3.01. The average Bonchev–Trinajstić information content (AvgIpc) is 3.20. The number of rotatable bonds is 6. The van der Waals surface area contributed by atoms with E-state index in [1.165, 1.54) is 12.8 Å². The molecule has 0 aromatic rings. The summed E-state index contributed by atoms with van der Waals surface area (Å²) in [4.78, 5) is 0. The quantitative estimate of drug-likeness (QED) is 0.763. The first-order chi connectivity index (χ1) is 8.56. The number of nitrogens with two attached hydrogens (primary N) is 1. The summed E-state index contributed by atoms with van der Waals surface area (Å²) in [6.07, 6.45) is 5.35. The van der Waals surface area contributed by atoms with Crippen LogP contribution in [0.5, 0.6) is 0 Å². The summed E-state index contributed by atoms with van der Waals surface area (Å²) in [5, 5.41) is 3.79. The highest BCUT2D eigenvalue weighted by molar-refractivity contribution is 4.96. The second-order valence-corrected chi connectivity index (χ2v) is 6.79. The lowest BCUT2D eigenvalue weighted by atomic mass is 9.82. The van der Waals surface area contributed by atoms with Gasteiger partial charge in [-0.25, -0.2) is 0 Å². The zero-order chi connectivity index (χ0) is 13.2. The van der Waals surface area contributed by atoms with Crippen molar-refractivity contribution in [2.45, 2.75) is 58.1 Å². The van der Waals surface area contributed by atoms with Crippen LogP contribution < -0.4 is 11.1 Å². The van der Waals surface area contributed by atoms with Gasteiger partial charge in [-0.15, -0.1) is 0 Å². The second-order valence-electron chi connectivity index (χ2n) is 6.79. The Bertz CT molecular complexity index is 265. The van der Waals surface area contributed by atoms with E-state index < -0.39 is 0 Å². The Kier molecular flexibility index (Phi) is 4.68. The van der Waals surface area contributed by atoms with E-state index in [1.807, 2.05) is 0 Å². The minimum atomic E-state index is 0.121. The highest BCUT2D eigenvalue weighted by atomic mass is 16.5. The van der Waals surface area contributed by atoms with Crippen molar-refractivity contribution in [3.05, 3.63) is 0 Å². The van der Waals surface area contributed by atoms with Gasteiger partial charge in [-0.05, 0) is 50.0 Å². The molecule has 0 spiro atoms. The molecule has 0 bridgehead atoms. The van der Waals surface area contributed by atoms with Gasteiger partial charge in [-0.1, -0.05) is 20.8 Å². The third-order valence-electron chi connectivity index (χ3n) is 4.86. The standard InChI is InChI=1S/C15H30N2O/c1-11(2)14-8-15(10-16,6-7-18-14)17-9-12(3)13-4-5-13/h11-14,17H,4-10,16H2,1-3H3. The van der Waals surface area contributed by atoms with Crippen LogP contribution in [0.1, 0.15) is 46.5 Å². The van der Waals surface area contributed by atoms with Gasteiger partial charge < -0.3 is 15.8 Å². The highest BCUT2D eigenvalue weighted by Gasteiger charge is 2.38. The maximum atomic E-state index is 6.06. The van der Waals surface area contributed by atoms with Gasteiger partial charge in [0.05, 0.1) is 6.10 Å². The van der Waals surface area contributed by atoms with E-state index in [1.54, 1.807) is 0 Å². The molecule has 2 fully saturated rings. The lowest BCUT2D eigenvalue weighted by molar-refractivity contribution is -0.0500. The summed E-state index contributed by atoms with van der Waals surface area (Å²) >= 11 is 0. The lowest BCUT2D eigenvalue weighted by Crippen LogP contribution is -2.58. The summed E-state index contributed by atoms with van der Waals surface area (Å²) in [6, 6.07) is 0. The van der Waals surface area contributed by atoms with Crippen molar-refractivity contribution < 1.29 is 4.74 Å². The van der Waals surface area contributed by atoms with Crippen molar-refractivity contribution >= 4 is 0 Å². The molecule has 1 saturated heterocycles. The van der Waals surface area contributed by atoms with Crippen LogP contribution in [0.15, 0.2) is 0 Å². The van der Waals surface area contributed by atoms with Gasteiger partial charge in [-0.2, -0.15) is 0 Å². The van der Waals surface area contributed by atoms with Crippen LogP contribution in [-0.4, -0.2) is 31.3 Å². The molecule has 2 rings (SSSR count). The van der Waals surface area contributed by atoms with E-state index in [4.69, 9.17) is 10.5 Å². The van der Waals surface area contributed by atoms with Gasteiger partial charge in [0.2, 0.25) is 0 Å². The molecule has 0 radical (unpaired) electrons. The Morgan fingerprint density at radius 2 is 2.06 bits per heavy atom. The van der Waals surface area contributed by atoms with Gasteiger partial charge in [-0.3, -0.25) is 0 Å². The average molecular weight is 254 g/mol. The SMILES string of the molecule is CC(C)C1CC(CN)(NCC(C)C2CC2)CCO1. The van der Waals surface area contributed by atoms with Crippen molar-refractivity contribution in [1.82, 2.24) is 5.32 Å². The molecule has 1 aliphatic heterocycles. The van der Waals surface area contributed by atoms with Crippen molar-refractivity contribution in [2.75, 3.05) is 19.7 Å². The van der Waals surface area contributed by atoms with Gasteiger partial charge in [0.15, 0.2) is 0 Å². The molecule has 3 heteroatoms. The zero-order valence-electron chi connectivity index (χ0n) is 12.2. The molecule has 3 nitrogen and oxygen atoms in total. The molecule has 0 aromatic heterocycles. The molecule has 1 heterocycles. The highest BCUT2D eigenvalue weighted by Crippen LogP contribution is 2.37. The molecular formula is C15H30N2O. The van der Waals surface area contributed by atoms with Crippen molar-refractivity contribution in [1.29, 1.82) is 0 Å². The molecule has 3 N–H and O–H groups in total. The van der Waals surface area contributed by atoms with Crippen LogP contribution in [0.25, 0.3) is 0 Å². The molecule has 1 aliphatic carbocycles. The van der Waals surface area contributed by atoms with Crippen LogP contribution in [0, 0.1) is 17.8 Å². The Morgan fingerprint density at radius 1 is 1.33 bits per heavy atom. The minimum absolute atomic E-state index is 0.121. The Balaban J connectivity index is 1.87. The Labute approximate surface area is 112 Å². The van der Waals surface area contributed by atoms with Crippen molar-refractivity contribution in [3.8, 4) is 0 Å². The van der Waals surface area contributed by atoms with Crippen LogP contribution in [0.2, 0.25) is 0 Å². The van der Waals surface area contributed by atoms with Gasteiger partial charge in [0, 0.05) is 18.7 Å². The number of ether oxygens (including phenoxy) is 1. The van der Waals surface area contributed by atoms with Crippen molar-refractivity contribution in [3.63, 3.8) is 0 Å². The smallest absolute Gasteiger partial charge is 0.0616 e. The molecule has 3 atom stereocenters. The summed E-state index contributed by atoms with van der Waals surface area (Å²) < 4.78 is 5.87. The first-order valence-electron chi connectivity index (χ1n) is 7.63. The molecule has 0 amide bonds. The first-order valence-corrected chi connectivity index (χ1v) is 7.63. The molecule has 106 valence electrons. The molecular weight excluding hydrogens is 224 g/mol. The normalized spacial score (nSPS) is 34.8. The first kappa shape index (κ1) is 14.3. The van der Waals surface area contributed by atoms with Crippen LogP contribution in [0.3, 0.4) is 0 Å². The summed E-state index contributed by atoms with van der Waals surface area (Å²) in [5.41, 5.74) is 6.18. The topological polar surface area (TPSA) is 47.3 Å². The number of hydrogen-bond donors (Lipinski definition) is 2. The monoisotopic (exact) mass is 254 g/mol. The maximum Gasteiger partial charge on any atom is 0.0616 e. The fraction of sp³-hybridized carbons (Fsp3) is 1.00. The van der Waals surface area contributed by atoms with Crippen molar-refractivity contribution in [2.24, 2.45) is 23.5 Å². The second kappa shape index (κ2) is 5.89. The molecule has 18 heavy (non-hydrogen) atoms. The zero-order valence-corrected chi connectivity index (χ0v) is 12.2.